The molecule has 0 aliphatic rings. The molecule has 6 heteroatoms. The lowest BCUT2D eigenvalue weighted by Gasteiger charge is -2.12. The minimum absolute atomic E-state index is 0.0114. The summed E-state index contributed by atoms with van der Waals surface area (Å²) in [7, 11) is 0. The van der Waals surface area contributed by atoms with Crippen LogP contribution in [-0.4, -0.2) is 11.5 Å². The number of nitrogens with two attached hydrogens (primary N) is 1. The first-order valence-corrected chi connectivity index (χ1v) is 5.87. The Morgan fingerprint density at radius 1 is 1.44 bits per heavy atom. The van der Waals surface area contributed by atoms with Gasteiger partial charge in [0.25, 0.3) is 5.92 Å². The molecule has 2 rings (SSSR count). The van der Waals surface area contributed by atoms with Gasteiger partial charge in [-0.3, -0.25) is 0 Å². The number of hydrogen-bond acceptors (Lipinski definition) is 3. The molecule has 0 spiro atoms. The predicted octanol–water partition coefficient (Wildman–Crippen LogP) is 3.39. The largest absolute Gasteiger partial charge is 0.330 e. The molecule has 0 radical (unpaired) electrons. The van der Waals surface area contributed by atoms with Crippen LogP contribution >= 0.6 is 22.9 Å². The first-order valence-electron chi connectivity index (χ1n) is 4.67. The van der Waals surface area contributed by atoms with E-state index in [9.17, 15) is 8.78 Å². The molecule has 0 aliphatic carbocycles. The van der Waals surface area contributed by atoms with Gasteiger partial charge in [-0.1, -0.05) is 11.6 Å². The van der Waals surface area contributed by atoms with Gasteiger partial charge in [0.2, 0.25) is 0 Å². The summed E-state index contributed by atoms with van der Waals surface area (Å²) in [4.78, 5) is 3.97. The van der Waals surface area contributed by atoms with E-state index in [2.05, 4.69) is 4.98 Å². The standard InChI is InChI=1S/C10H9ClF2N2S/c11-9-2-1-7-6(15-9)5-8(16-7)10(12,13)3-4-14/h1-2,5H,3-4,14H2. The molecule has 0 saturated carbocycles. The maximum atomic E-state index is 13.6. The topological polar surface area (TPSA) is 38.9 Å². The summed E-state index contributed by atoms with van der Waals surface area (Å²) in [5.41, 5.74) is 5.66. The summed E-state index contributed by atoms with van der Waals surface area (Å²) >= 11 is 6.72. The molecule has 0 aromatic carbocycles. The number of halogens is 3. The van der Waals surface area contributed by atoms with E-state index in [1.54, 1.807) is 12.1 Å². The van der Waals surface area contributed by atoms with E-state index in [1.807, 2.05) is 0 Å². The van der Waals surface area contributed by atoms with Crippen LogP contribution in [0, 0.1) is 0 Å². The van der Waals surface area contributed by atoms with Crippen molar-refractivity contribution < 1.29 is 8.78 Å². The number of fused-ring (bicyclic) bond motifs is 1. The van der Waals surface area contributed by atoms with Gasteiger partial charge in [-0.25, -0.2) is 13.8 Å². The first-order chi connectivity index (χ1) is 7.53. The van der Waals surface area contributed by atoms with Crippen molar-refractivity contribution in [2.24, 2.45) is 5.73 Å². The number of hydrogen-bond donors (Lipinski definition) is 1. The molecular formula is C10H9ClF2N2S. The molecule has 16 heavy (non-hydrogen) atoms. The number of alkyl halides is 2. The minimum atomic E-state index is -2.88. The molecule has 0 atom stereocenters. The average molecular weight is 263 g/mol. The van der Waals surface area contributed by atoms with Gasteiger partial charge >= 0.3 is 0 Å². The minimum Gasteiger partial charge on any atom is -0.330 e. The molecule has 2 nitrogen and oxygen atoms in total. The molecule has 0 fully saturated rings. The van der Waals surface area contributed by atoms with E-state index >= 15 is 0 Å². The van der Waals surface area contributed by atoms with Gasteiger partial charge in [0, 0.05) is 6.42 Å². The highest BCUT2D eigenvalue weighted by Gasteiger charge is 2.32. The van der Waals surface area contributed by atoms with Crippen LogP contribution in [0.4, 0.5) is 8.78 Å². The molecule has 2 N–H and O–H groups in total. The fourth-order valence-corrected chi connectivity index (χ4v) is 2.54. The van der Waals surface area contributed by atoms with Gasteiger partial charge in [-0.2, -0.15) is 0 Å². The third-order valence-corrected chi connectivity index (χ3v) is 3.57. The summed E-state index contributed by atoms with van der Waals surface area (Å²) < 4.78 is 27.8. The highest BCUT2D eigenvalue weighted by molar-refractivity contribution is 7.19. The molecule has 0 amide bonds. The lowest BCUT2D eigenvalue weighted by atomic mass is 10.2. The second-order valence-corrected chi connectivity index (χ2v) is 4.84. The van der Waals surface area contributed by atoms with Crippen molar-refractivity contribution in [3.63, 3.8) is 0 Å². The molecule has 2 heterocycles. The summed E-state index contributed by atoms with van der Waals surface area (Å²) in [5, 5.41) is 0.305. The van der Waals surface area contributed by atoms with E-state index in [-0.39, 0.29) is 17.8 Å². The van der Waals surface area contributed by atoms with Crippen molar-refractivity contribution in [1.29, 1.82) is 0 Å². The Kier molecular flexibility index (Phi) is 3.10. The van der Waals surface area contributed by atoms with Crippen LogP contribution < -0.4 is 5.73 Å². The van der Waals surface area contributed by atoms with Gasteiger partial charge in [-0.05, 0) is 24.7 Å². The molecule has 2 aromatic heterocycles. The van der Waals surface area contributed by atoms with Gasteiger partial charge in [0.15, 0.2) is 0 Å². The lowest BCUT2D eigenvalue weighted by Crippen LogP contribution is -2.17. The summed E-state index contributed by atoms with van der Waals surface area (Å²) in [5.74, 6) is -2.88. The number of aromatic nitrogens is 1. The van der Waals surface area contributed by atoms with Crippen LogP contribution in [0.3, 0.4) is 0 Å². The predicted molar refractivity (Wildman–Crippen MR) is 62.2 cm³/mol. The normalized spacial score (nSPS) is 12.2. The van der Waals surface area contributed by atoms with Crippen LogP contribution in [0.25, 0.3) is 10.2 Å². The van der Waals surface area contributed by atoms with Gasteiger partial charge in [0.05, 0.1) is 15.1 Å². The summed E-state index contributed by atoms with van der Waals surface area (Å²) in [6.07, 6.45) is -0.354. The Hall–Kier alpha value is -0.780. The second-order valence-electron chi connectivity index (χ2n) is 3.37. The SMILES string of the molecule is NCCC(F)(F)c1cc2nc(Cl)ccc2s1. The van der Waals surface area contributed by atoms with Gasteiger partial charge in [0.1, 0.15) is 5.15 Å². The van der Waals surface area contributed by atoms with Crippen LogP contribution in [0.15, 0.2) is 18.2 Å². The number of nitrogens with zero attached hydrogens (tertiary/aromatic N) is 1. The van der Waals surface area contributed by atoms with Gasteiger partial charge < -0.3 is 5.73 Å². The van der Waals surface area contributed by atoms with Crippen molar-refractivity contribution >= 4 is 33.2 Å². The van der Waals surface area contributed by atoms with E-state index < -0.39 is 5.92 Å². The number of pyridine rings is 1. The quantitative estimate of drug-likeness (QED) is 0.861. The van der Waals surface area contributed by atoms with E-state index in [0.717, 1.165) is 11.3 Å². The van der Waals surface area contributed by atoms with Crippen LogP contribution in [-0.2, 0) is 5.92 Å². The highest BCUT2D eigenvalue weighted by Crippen LogP contribution is 2.38. The molecule has 86 valence electrons. The third-order valence-electron chi connectivity index (χ3n) is 2.16. The fraction of sp³-hybridized carbons (Fsp3) is 0.300. The zero-order valence-electron chi connectivity index (χ0n) is 8.21. The molecule has 0 aliphatic heterocycles. The molecule has 2 aromatic rings. The lowest BCUT2D eigenvalue weighted by molar-refractivity contribution is -0.00675. The average Bonchev–Trinajstić information content (AvgIpc) is 2.61. The third kappa shape index (κ3) is 2.16. The summed E-state index contributed by atoms with van der Waals surface area (Å²) in [6, 6.07) is 4.66. The molecule has 0 bridgehead atoms. The molecular weight excluding hydrogens is 254 g/mol. The summed E-state index contributed by atoms with van der Waals surface area (Å²) in [6.45, 7) is -0.0462. The van der Waals surface area contributed by atoms with Crippen molar-refractivity contribution in [2.45, 2.75) is 12.3 Å². The zero-order valence-corrected chi connectivity index (χ0v) is 9.79. The van der Waals surface area contributed by atoms with Crippen molar-refractivity contribution in [2.75, 3.05) is 6.54 Å². The van der Waals surface area contributed by atoms with Crippen molar-refractivity contribution in [3.8, 4) is 0 Å². The molecule has 0 unspecified atom stereocenters. The smallest absolute Gasteiger partial charge is 0.283 e. The zero-order chi connectivity index (χ0) is 11.8. The van der Waals surface area contributed by atoms with Crippen molar-refractivity contribution in [3.05, 3.63) is 28.2 Å². The highest BCUT2D eigenvalue weighted by atomic mass is 35.5. The van der Waals surface area contributed by atoms with Crippen molar-refractivity contribution in [1.82, 2.24) is 4.98 Å². The van der Waals surface area contributed by atoms with Crippen LogP contribution in [0.1, 0.15) is 11.3 Å². The van der Waals surface area contributed by atoms with Gasteiger partial charge in [-0.15, -0.1) is 11.3 Å². The Bertz CT molecular complexity index is 512. The monoisotopic (exact) mass is 262 g/mol. The fourth-order valence-electron chi connectivity index (χ4n) is 1.38. The Morgan fingerprint density at radius 2 is 2.19 bits per heavy atom. The van der Waals surface area contributed by atoms with E-state index in [1.165, 1.54) is 6.07 Å². The first kappa shape index (κ1) is 11.7. The maximum Gasteiger partial charge on any atom is 0.283 e. The Morgan fingerprint density at radius 3 is 2.88 bits per heavy atom. The number of thiophene rings is 1. The number of rotatable bonds is 3. The van der Waals surface area contributed by atoms with E-state index in [4.69, 9.17) is 17.3 Å². The van der Waals surface area contributed by atoms with E-state index in [0.29, 0.717) is 15.4 Å². The Balaban J connectivity index is 2.46. The van der Waals surface area contributed by atoms with Crippen LogP contribution in [0.5, 0.6) is 0 Å². The maximum absolute atomic E-state index is 13.6. The molecule has 0 saturated heterocycles. The second kappa shape index (κ2) is 4.24. The Labute approximate surface area is 100 Å². The van der Waals surface area contributed by atoms with Crippen LogP contribution in [0.2, 0.25) is 5.15 Å².